The molecule has 1 amide bonds. The van der Waals surface area contributed by atoms with Crippen molar-refractivity contribution in [2.45, 2.75) is 13.8 Å². The van der Waals surface area contributed by atoms with Crippen LogP contribution in [0.4, 0.5) is 0 Å². The molecule has 0 aliphatic carbocycles. The normalized spacial score (nSPS) is 20.4. The molecule has 2 heterocycles. The van der Waals surface area contributed by atoms with Crippen molar-refractivity contribution in [2.24, 2.45) is 4.99 Å². The Morgan fingerprint density at radius 3 is 2.78 bits per heavy atom. The number of carbonyl (C=O) groups is 1. The highest BCUT2D eigenvalue weighted by molar-refractivity contribution is 9.11. The lowest BCUT2D eigenvalue weighted by Gasteiger charge is -2.11. The second-order valence-electron chi connectivity index (χ2n) is 3.56. The second kappa shape index (κ2) is 6.04. The predicted octanol–water partition coefficient (Wildman–Crippen LogP) is 3.82. The summed E-state index contributed by atoms with van der Waals surface area (Å²) >= 11 is 6.50. The summed E-state index contributed by atoms with van der Waals surface area (Å²) in [6.07, 6.45) is 1.93. The highest BCUT2D eigenvalue weighted by atomic mass is 79.9. The third kappa shape index (κ3) is 2.87. The Morgan fingerprint density at radius 2 is 2.22 bits per heavy atom. The molecule has 1 aromatic rings. The van der Waals surface area contributed by atoms with Gasteiger partial charge in [-0.05, 0) is 59.7 Å². The molecular weight excluding hydrogens is 332 g/mol. The van der Waals surface area contributed by atoms with Crippen LogP contribution in [-0.4, -0.2) is 29.1 Å². The number of amidine groups is 1. The van der Waals surface area contributed by atoms with Gasteiger partial charge in [-0.15, -0.1) is 11.3 Å². The molecular formula is C12H13BrN2OS2. The molecule has 3 nitrogen and oxygen atoms in total. The van der Waals surface area contributed by atoms with Crippen molar-refractivity contribution in [3.8, 4) is 0 Å². The summed E-state index contributed by atoms with van der Waals surface area (Å²) in [6.45, 7) is 5.30. The monoisotopic (exact) mass is 344 g/mol. The average molecular weight is 345 g/mol. The smallest absolute Gasteiger partial charge is 0.266 e. The highest BCUT2D eigenvalue weighted by Gasteiger charge is 2.31. The highest BCUT2D eigenvalue weighted by Crippen LogP contribution is 2.34. The SMILES string of the molecule is CCN=C1S/C(=C\c2ccc(Br)s2)C(=O)N1CC. The fraction of sp³-hybridized carbons (Fsp3) is 0.333. The van der Waals surface area contributed by atoms with Crippen molar-refractivity contribution in [1.29, 1.82) is 0 Å². The Kier molecular flexibility index (Phi) is 4.64. The van der Waals surface area contributed by atoms with Crippen LogP contribution < -0.4 is 0 Å². The molecule has 0 aromatic carbocycles. The topological polar surface area (TPSA) is 32.7 Å². The van der Waals surface area contributed by atoms with Crippen molar-refractivity contribution in [1.82, 2.24) is 4.90 Å². The first-order valence-electron chi connectivity index (χ1n) is 5.67. The van der Waals surface area contributed by atoms with E-state index in [1.807, 2.05) is 32.1 Å². The maximum Gasteiger partial charge on any atom is 0.266 e. The van der Waals surface area contributed by atoms with E-state index in [0.29, 0.717) is 13.1 Å². The van der Waals surface area contributed by atoms with E-state index in [9.17, 15) is 4.79 Å². The molecule has 0 saturated carbocycles. The van der Waals surface area contributed by atoms with Gasteiger partial charge in [0.05, 0.1) is 8.69 Å². The number of aliphatic imine (C=N–C) groups is 1. The second-order valence-corrected chi connectivity index (χ2v) is 7.06. The summed E-state index contributed by atoms with van der Waals surface area (Å²) in [4.78, 5) is 20.1. The molecule has 18 heavy (non-hydrogen) atoms. The van der Waals surface area contributed by atoms with Gasteiger partial charge in [0.2, 0.25) is 0 Å². The molecule has 0 spiro atoms. The number of amides is 1. The Morgan fingerprint density at radius 1 is 1.44 bits per heavy atom. The van der Waals surface area contributed by atoms with E-state index < -0.39 is 0 Å². The van der Waals surface area contributed by atoms with Gasteiger partial charge in [-0.3, -0.25) is 14.7 Å². The van der Waals surface area contributed by atoms with E-state index in [2.05, 4.69) is 20.9 Å². The fourth-order valence-corrected chi connectivity index (χ4v) is 4.11. The van der Waals surface area contributed by atoms with Crippen molar-refractivity contribution in [3.63, 3.8) is 0 Å². The van der Waals surface area contributed by atoms with Gasteiger partial charge in [0.15, 0.2) is 5.17 Å². The minimum atomic E-state index is 0.0548. The molecule has 0 bridgehead atoms. The maximum atomic E-state index is 12.2. The number of nitrogens with zero attached hydrogens (tertiary/aromatic N) is 2. The fourth-order valence-electron chi connectivity index (χ4n) is 1.58. The first-order chi connectivity index (χ1) is 8.65. The molecule has 0 unspecified atom stereocenters. The molecule has 1 aliphatic heterocycles. The first kappa shape index (κ1) is 13.8. The van der Waals surface area contributed by atoms with Gasteiger partial charge >= 0.3 is 0 Å². The van der Waals surface area contributed by atoms with E-state index in [0.717, 1.165) is 18.7 Å². The Bertz CT molecular complexity index is 522. The number of rotatable bonds is 3. The summed E-state index contributed by atoms with van der Waals surface area (Å²) in [5.41, 5.74) is 0. The van der Waals surface area contributed by atoms with Gasteiger partial charge in [0, 0.05) is 18.0 Å². The number of thiophene rings is 1. The largest absolute Gasteiger partial charge is 0.287 e. The molecule has 6 heteroatoms. The molecule has 0 radical (unpaired) electrons. The standard InChI is InChI=1S/C12H13BrN2OS2/c1-3-14-12-15(4-2)11(16)9(18-12)7-8-5-6-10(13)17-8/h5-7H,3-4H2,1-2H3/b9-7-,14-12?. The Balaban J connectivity index is 2.28. The minimum absolute atomic E-state index is 0.0548. The zero-order valence-electron chi connectivity index (χ0n) is 10.1. The van der Waals surface area contributed by atoms with Gasteiger partial charge in [-0.1, -0.05) is 0 Å². The lowest BCUT2D eigenvalue weighted by Crippen LogP contribution is -2.28. The molecule has 1 aromatic heterocycles. The molecule has 1 aliphatic rings. The van der Waals surface area contributed by atoms with Gasteiger partial charge in [-0.25, -0.2) is 0 Å². The van der Waals surface area contributed by atoms with Crippen LogP contribution in [0.1, 0.15) is 18.7 Å². The van der Waals surface area contributed by atoms with E-state index in [-0.39, 0.29) is 5.91 Å². The van der Waals surface area contributed by atoms with Crippen molar-refractivity contribution < 1.29 is 4.79 Å². The van der Waals surface area contributed by atoms with Gasteiger partial charge in [0.25, 0.3) is 5.91 Å². The number of thioether (sulfide) groups is 1. The Hall–Kier alpha value is -0.590. The van der Waals surface area contributed by atoms with Crippen molar-refractivity contribution in [3.05, 3.63) is 25.7 Å². The maximum absolute atomic E-state index is 12.2. The lowest BCUT2D eigenvalue weighted by atomic mass is 10.4. The number of likely N-dealkylation sites (N-methyl/N-ethyl adjacent to an activating group) is 1. The average Bonchev–Trinajstić information content (AvgIpc) is 2.86. The molecule has 0 N–H and O–H groups in total. The van der Waals surface area contributed by atoms with E-state index in [1.54, 1.807) is 16.2 Å². The molecule has 2 rings (SSSR count). The zero-order valence-corrected chi connectivity index (χ0v) is 13.4. The van der Waals surface area contributed by atoms with Crippen LogP contribution in [0.25, 0.3) is 6.08 Å². The molecule has 1 fully saturated rings. The van der Waals surface area contributed by atoms with Crippen LogP contribution in [0.3, 0.4) is 0 Å². The third-order valence-electron chi connectivity index (χ3n) is 2.37. The predicted molar refractivity (Wildman–Crippen MR) is 83.0 cm³/mol. The summed E-state index contributed by atoms with van der Waals surface area (Å²) in [5, 5.41) is 0.812. The number of hydrogen-bond acceptors (Lipinski definition) is 4. The van der Waals surface area contributed by atoms with Crippen LogP contribution in [0.2, 0.25) is 0 Å². The number of halogens is 1. The van der Waals surface area contributed by atoms with E-state index in [1.165, 1.54) is 11.8 Å². The summed E-state index contributed by atoms with van der Waals surface area (Å²) in [7, 11) is 0. The Labute approximate surface area is 123 Å². The third-order valence-corrected chi connectivity index (χ3v) is 4.98. The quantitative estimate of drug-likeness (QED) is 0.780. The van der Waals surface area contributed by atoms with Crippen LogP contribution in [0.15, 0.2) is 25.8 Å². The van der Waals surface area contributed by atoms with Gasteiger partial charge < -0.3 is 0 Å². The van der Waals surface area contributed by atoms with Crippen molar-refractivity contribution >= 4 is 56.2 Å². The van der Waals surface area contributed by atoms with Crippen LogP contribution in [0.5, 0.6) is 0 Å². The number of hydrogen-bond donors (Lipinski definition) is 0. The molecule has 0 atom stereocenters. The summed E-state index contributed by atoms with van der Waals surface area (Å²) < 4.78 is 1.07. The first-order valence-corrected chi connectivity index (χ1v) is 8.09. The van der Waals surface area contributed by atoms with Crippen molar-refractivity contribution in [2.75, 3.05) is 13.1 Å². The van der Waals surface area contributed by atoms with Gasteiger partial charge in [-0.2, -0.15) is 0 Å². The molecule has 96 valence electrons. The van der Waals surface area contributed by atoms with Crippen LogP contribution in [-0.2, 0) is 4.79 Å². The zero-order chi connectivity index (χ0) is 13.1. The summed E-state index contributed by atoms with van der Waals surface area (Å²) in [6, 6.07) is 3.99. The lowest BCUT2D eigenvalue weighted by molar-refractivity contribution is -0.122. The number of carbonyl (C=O) groups excluding carboxylic acids is 1. The molecule has 1 saturated heterocycles. The van der Waals surface area contributed by atoms with E-state index >= 15 is 0 Å². The van der Waals surface area contributed by atoms with Crippen LogP contribution in [0, 0.1) is 0 Å². The summed E-state index contributed by atoms with van der Waals surface area (Å²) in [5.74, 6) is 0.0548. The van der Waals surface area contributed by atoms with Crippen LogP contribution >= 0.6 is 39.0 Å². The minimum Gasteiger partial charge on any atom is -0.287 e. The van der Waals surface area contributed by atoms with Gasteiger partial charge in [0.1, 0.15) is 0 Å². The van der Waals surface area contributed by atoms with E-state index in [4.69, 9.17) is 0 Å².